The molecule has 0 aliphatic carbocycles. The zero-order valence-corrected chi connectivity index (χ0v) is 20.0. The Bertz CT molecular complexity index is 1480. The average Bonchev–Trinajstić information content (AvgIpc) is 3.16. The second-order valence-electron chi connectivity index (χ2n) is 8.15. The molecule has 1 aliphatic heterocycles. The minimum atomic E-state index is -0.503. The highest BCUT2D eigenvalue weighted by atomic mass is 32.2. The number of anilines is 1. The van der Waals surface area contributed by atoms with Crippen molar-refractivity contribution < 1.29 is 19.1 Å². The van der Waals surface area contributed by atoms with E-state index < -0.39 is 17.1 Å². The topological polar surface area (TPSA) is 75.7 Å². The molecule has 3 amide bonds. The van der Waals surface area contributed by atoms with Crippen LogP contribution in [0.15, 0.2) is 102 Å². The van der Waals surface area contributed by atoms with Crippen LogP contribution in [0, 0.1) is 0 Å². The number of nitrogens with zero attached hydrogens (tertiary/aromatic N) is 1. The number of nitrogens with one attached hydrogen (secondary N) is 1. The van der Waals surface area contributed by atoms with Crippen LogP contribution in [0.4, 0.5) is 10.5 Å². The van der Waals surface area contributed by atoms with Crippen molar-refractivity contribution in [3.63, 3.8) is 0 Å². The van der Waals surface area contributed by atoms with Crippen LogP contribution in [0.25, 0.3) is 16.8 Å². The van der Waals surface area contributed by atoms with Crippen molar-refractivity contribution in [2.24, 2.45) is 0 Å². The normalized spacial score (nSPS) is 14.4. The SMILES string of the molecule is O=C(CN1C(=O)S/C(=C\c2ccccc2OCc2cccc3ccccc23)C1=O)Nc1ccccc1. The van der Waals surface area contributed by atoms with Crippen LogP contribution in [0.2, 0.25) is 0 Å². The second-order valence-corrected chi connectivity index (χ2v) is 9.14. The summed E-state index contributed by atoms with van der Waals surface area (Å²) < 4.78 is 6.13. The fourth-order valence-corrected chi connectivity index (χ4v) is 4.78. The molecule has 0 radical (unpaired) electrons. The monoisotopic (exact) mass is 494 g/mol. The summed E-state index contributed by atoms with van der Waals surface area (Å²) in [5.74, 6) is -0.348. The summed E-state index contributed by atoms with van der Waals surface area (Å²) in [5, 5.41) is 4.47. The number of amides is 3. The summed E-state index contributed by atoms with van der Waals surface area (Å²) in [6.07, 6.45) is 1.64. The Morgan fingerprint density at radius 3 is 2.44 bits per heavy atom. The number of hydrogen-bond acceptors (Lipinski definition) is 5. The molecule has 178 valence electrons. The molecular formula is C29H22N2O4S. The maximum atomic E-state index is 12.9. The van der Waals surface area contributed by atoms with E-state index in [0.29, 0.717) is 23.6 Å². The third-order valence-corrected chi connectivity index (χ3v) is 6.61. The van der Waals surface area contributed by atoms with Gasteiger partial charge in [0.25, 0.3) is 11.1 Å². The number of rotatable bonds is 7. The summed E-state index contributed by atoms with van der Waals surface area (Å²) in [5.41, 5.74) is 2.33. The highest BCUT2D eigenvalue weighted by Crippen LogP contribution is 2.34. The van der Waals surface area contributed by atoms with Crippen molar-refractivity contribution in [3.05, 3.63) is 113 Å². The van der Waals surface area contributed by atoms with Crippen molar-refractivity contribution in [2.75, 3.05) is 11.9 Å². The van der Waals surface area contributed by atoms with Crippen LogP contribution in [0.3, 0.4) is 0 Å². The fraction of sp³-hybridized carbons (Fsp3) is 0.0690. The minimum Gasteiger partial charge on any atom is -0.488 e. The molecule has 0 unspecified atom stereocenters. The van der Waals surface area contributed by atoms with Crippen LogP contribution < -0.4 is 10.1 Å². The molecule has 1 fully saturated rings. The molecule has 0 spiro atoms. The fourth-order valence-electron chi connectivity index (χ4n) is 3.95. The number of fused-ring (bicyclic) bond motifs is 1. The number of ether oxygens (including phenoxy) is 1. The lowest BCUT2D eigenvalue weighted by Gasteiger charge is -2.13. The van der Waals surface area contributed by atoms with Crippen molar-refractivity contribution >= 4 is 51.4 Å². The lowest BCUT2D eigenvalue weighted by molar-refractivity contribution is -0.127. The van der Waals surface area contributed by atoms with E-state index in [1.165, 1.54) is 0 Å². The quantitative estimate of drug-likeness (QED) is 0.315. The largest absolute Gasteiger partial charge is 0.488 e. The van der Waals surface area contributed by atoms with E-state index in [1.54, 1.807) is 30.3 Å². The molecule has 1 saturated heterocycles. The zero-order valence-electron chi connectivity index (χ0n) is 19.2. The number of para-hydroxylation sites is 2. The molecule has 1 heterocycles. The molecule has 6 nitrogen and oxygen atoms in total. The summed E-state index contributed by atoms with van der Waals surface area (Å²) in [7, 11) is 0. The van der Waals surface area contributed by atoms with E-state index in [2.05, 4.69) is 23.5 Å². The van der Waals surface area contributed by atoms with Gasteiger partial charge in [0.05, 0.1) is 4.91 Å². The third-order valence-electron chi connectivity index (χ3n) is 5.70. The van der Waals surface area contributed by atoms with E-state index >= 15 is 0 Å². The molecule has 0 atom stereocenters. The summed E-state index contributed by atoms with van der Waals surface area (Å²) >= 11 is 0.813. The molecule has 0 bridgehead atoms. The number of imide groups is 1. The van der Waals surface area contributed by atoms with Gasteiger partial charge in [0.15, 0.2) is 0 Å². The Kier molecular flexibility index (Phi) is 6.82. The Morgan fingerprint density at radius 1 is 0.861 bits per heavy atom. The standard InChI is InChI=1S/C29H22N2O4S/c32-27(30-23-13-2-1-3-14-23)18-31-28(33)26(36-29(31)34)17-21-10-5-7-16-25(21)35-19-22-12-8-11-20-9-4-6-15-24(20)22/h1-17H,18-19H2,(H,30,32)/b26-17-. The van der Waals surface area contributed by atoms with Gasteiger partial charge >= 0.3 is 0 Å². The first-order chi connectivity index (χ1) is 17.6. The van der Waals surface area contributed by atoms with E-state index in [4.69, 9.17) is 4.74 Å². The lowest BCUT2D eigenvalue weighted by Crippen LogP contribution is -2.36. The smallest absolute Gasteiger partial charge is 0.294 e. The first-order valence-corrected chi connectivity index (χ1v) is 12.2. The lowest BCUT2D eigenvalue weighted by atomic mass is 10.1. The Hall–Kier alpha value is -4.36. The van der Waals surface area contributed by atoms with Gasteiger partial charge in [0.2, 0.25) is 5.91 Å². The first-order valence-electron chi connectivity index (χ1n) is 11.4. The molecule has 1 N–H and O–H groups in total. The van der Waals surface area contributed by atoms with Gasteiger partial charge in [-0.1, -0.05) is 78.9 Å². The van der Waals surface area contributed by atoms with Crippen molar-refractivity contribution in [2.45, 2.75) is 6.61 Å². The van der Waals surface area contributed by atoms with E-state index in [-0.39, 0.29) is 11.4 Å². The predicted molar refractivity (Wildman–Crippen MR) is 142 cm³/mol. The second kappa shape index (κ2) is 10.5. The van der Waals surface area contributed by atoms with Crippen molar-refractivity contribution in [1.29, 1.82) is 0 Å². The van der Waals surface area contributed by atoms with Gasteiger partial charge in [-0.15, -0.1) is 0 Å². The van der Waals surface area contributed by atoms with Crippen molar-refractivity contribution in [1.82, 2.24) is 4.90 Å². The molecule has 5 rings (SSSR count). The summed E-state index contributed by atoms with van der Waals surface area (Å²) in [4.78, 5) is 39.0. The molecular weight excluding hydrogens is 472 g/mol. The molecule has 1 aliphatic rings. The number of hydrogen-bond donors (Lipinski definition) is 1. The van der Waals surface area contributed by atoms with Crippen LogP contribution in [0.1, 0.15) is 11.1 Å². The van der Waals surface area contributed by atoms with Gasteiger partial charge < -0.3 is 10.1 Å². The van der Waals surface area contributed by atoms with Crippen LogP contribution >= 0.6 is 11.8 Å². The minimum absolute atomic E-state index is 0.244. The Balaban J connectivity index is 1.30. The maximum Gasteiger partial charge on any atom is 0.294 e. The van der Waals surface area contributed by atoms with Crippen molar-refractivity contribution in [3.8, 4) is 5.75 Å². The average molecular weight is 495 g/mol. The third kappa shape index (κ3) is 5.16. The van der Waals surface area contributed by atoms with Gasteiger partial charge in [0, 0.05) is 11.3 Å². The van der Waals surface area contributed by atoms with E-state index in [1.807, 2.05) is 54.6 Å². The van der Waals surface area contributed by atoms with Crippen LogP contribution in [-0.4, -0.2) is 28.5 Å². The predicted octanol–water partition coefficient (Wildman–Crippen LogP) is 6.09. The van der Waals surface area contributed by atoms with E-state index in [9.17, 15) is 14.4 Å². The molecule has 7 heteroatoms. The maximum absolute atomic E-state index is 12.9. The van der Waals surface area contributed by atoms with Crippen LogP contribution in [-0.2, 0) is 16.2 Å². The molecule has 36 heavy (non-hydrogen) atoms. The molecule has 0 aromatic heterocycles. The van der Waals surface area contributed by atoms with Gasteiger partial charge in [-0.25, -0.2) is 0 Å². The molecule has 0 saturated carbocycles. The highest BCUT2D eigenvalue weighted by Gasteiger charge is 2.36. The highest BCUT2D eigenvalue weighted by molar-refractivity contribution is 8.18. The number of carbonyl (C=O) groups excluding carboxylic acids is 3. The Morgan fingerprint density at radius 2 is 1.58 bits per heavy atom. The van der Waals surface area contributed by atoms with Crippen LogP contribution in [0.5, 0.6) is 5.75 Å². The number of benzene rings is 4. The van der Waals surface area contributed by atoms with Gasteiger partial charge in [0.1, 0.15) is 18.9 Å². The van der Waals surface area contributed by atoms with Gasteiger partial charge in [-0.2, -0.15) is 0 Å². The molecule has 4 aromatic carbocycles. The van der Waals surface area contributed by atoms with E-state index in [0.717, 1.165) is 33.0 Å². The summed E-state index contributed by atoms with van der Waals surface area (Å²) in [6, 6.07) is 30.4. The van der Waals surface area contributed by atoms with Gasteiger partial charge in [-0.05, 0) is 52.4 Å². The first kappa shape index (κ1) is 23.4. The van der Waals surface area contributed by atoms with Gasteiger partial charge in [-0.3, -0.25) is 19.3 Å². The summed E-state index contributed by atoms with van der Waals surface area (Å²) in [6.45, 7) is 0.00344. The number of thioether (sulfide) groups is 1. The zero-order chi connectivity index (χ0) is 24.9. The molecule has 4 aromatic rings. The number of carbonyl (C=O) groups is 3. The Labute approximate surface area is 212 Å².